The zero-order chi connectivity index (χ0) is 41.5. The van der Waals surface area contributed by atoms with E-state index in [4.69, 9.17) is 15.6 Å². The Hall–Kier alpha value is -2.69. The zero-order valence-corrected chi connectivity index (χ0v) is 35.9. The minimum atomic E-state index is -1.40. The van der Waals surface area contributed by atoms with Gasteiger partial charge in [0, 0.05) is 12.8 Å². The van der Waals surface area contributed by atoms with Crippen molar-refractivity contribution in [3.8, 4) is 0 Å². The molecule has 11 heteroatoms. The molecule has 0 bridgehead atoms. The molecule has 1 unspecified atom stereocenters. The topological polar surface area (TPSA) is 185 Å². The molecule has 0 spiro atoms. The molecule has 0 aromatic carbocycles. The predicted octanol–water partition coefficient (Wildman–Crippen LogP) is 10.3. The van der Waals surface area contributed by atoms with Gasteiger partial charge in [-0.3, -0.25) is 19.2 Å². The van der Waals surface area contributed by atoms with E-state index in [2.05, 4.69) is 24.5 Å². The number of hydrogen-bond acceptors (Lipinski definition) is 7. The smallest absolute Gasteiger partial charge is 0.326 e. The maximum Gasteiger partial charge on any atom is 0.326 e. The number of hydrogen-bond donors (Lipinski definition) is 5. The van der Waals surface area contributed by atoms with E-state index in [1.54, 1.807) is 0 Å². The lowest BCUT2D eigenvalue weighted by molar-refractivity contribution is -0.151. The van der Waals surface area contributed by atoms with Crippen LogP contribution in [-0.2, 0) is 28.7 Å². The number of nitrogens with one attached hydrogen (secondary N) is 2. The first-order chi connectivity index (χ1) is 27.1. The highest BCUT2D eigenvalue weighted by molar-refractivity contribution is 5.90. The summed E-state index contributed by atoms with van der Waals surface area (Å²) in [5, 5.41) is 23.7. The highest BCUT2D eigenvalue weighted by Crippen LogP contribution is 2.18. The van der Waals surface area contributed by atoms with Crippen molar-refractivity contribution in [2.75, 3.05) is 6.54 Å². The van der Waals surface area contributed by atoms with E-state index in [1.807, 2.05) is 0 Å². The third-order valence-corrected chi connectivity index (χ3v) is 10.7. The first kappa shape index (κ1) is 53.3. The summed E-state index contributed by atoms with van der Waals surface area (Å²) in [4.78, 5) is 62.2. The summed E-state index contributed by atoms with van der Waals surface area (Å²) < 4.78 is 5.88. The van der Waals surface area contributed by atoms with Crippen LogP contribution in [0.3, 0.4) is 0 Å². The van der Waals surface area contributed by atoms with Crippen LogP contribution >= 0.6 is 0 Å². The van der Waals surface area contributed by atoms with Gasteiger partial charge in [0.05, 0.1) is 6.42 Å². The van der Waals surface area contributed by atoms with E-state index in [-0.39, 0.29) is 25.2 Å². The van der Waals surface area contributed by atoms with Crippen molar-refractivity contribution in [1.29, 1.82) is 0 Å². The number of aliphatic carboxylic acids is 2. The molecule has 0 fully saturated rings. The van der Waals surface area contributed by atoms with Gasteiger partial charge in [0.2, 0.25) is 11.8 Å². The molecule has 0 aliphatic rings. The molecule has 3 atom stereocenters. The van der Waals surface area contributed by atoms with Crippen LogP contribution in [-0.4, -0.2) is 64.7 Å². The van der Waals surface area contributed by atoms with Gasteiger partial charge in [0.15, 0.2) is 0 Å². The van der Waals surface area contributed by atoms with E-state index in [1.165, 1.54) is 128 Å². The second kappa shape index (κ2) is 39.2. The number of carbonyl (C=O) groups is 5. The van der Waals surface area contributed by atoms with Crippen molar-refractivity contribution >= 4 is 29.7 Å². The van der Waals surface area contributed by atoms with Crippen LogP contribution in [0.4, 0.5) is 0 Å². The Morgan fingerprint density at radius 1 is 0.500 bits per heavy atom. The maximum atomic E-state index is 13.3. The number of carboxylic acid groups (broad SMARTS) is 2. The van der Waals surface area contributed by atoms with Crippen LogP contribution in [0, 0.1) is 0 Å². The minimum Gasteiger partial charge on any atom is -0.481 e. The summed E-state index contributed by atoms with van der Waals surface area (Å²) in [5.74, 6) is -3.97. The molecule has 328 valence electrons. The molecule has 0 saturated heterocycles. The summed E-state index contributed by atoms with van der Waals surface area (Å²) in [6.07, 6.45) is 32.5. The van der Waals surface area contributed by atoms with Gasteiger partial charge in [-0.05, 0) is 51.5 Å². The standard InChI is InChI=1S/C45H85N3O8/c1-3-5-7-9-11-13-15-17-19-21-23-25-27-31-38(56-43(52)33-28-26-24-22-20-18-16-14-12-10-8-6-4-2)37-41(49)47-39(32-29-30-36-46)44(53)48-40(45(54)55)34-35-42(50)51/h38-40H,3-37,46H2,1-2H3,(H,47,49)(H,48,53)(H,50,51)(H,54,55)/t38?,39-,40-/m0/s1. The fourth-order valence-corrected chi connectivity index (χ4v) is 7.14. The average molecular weight is 796 g/mol. The Bertz CT molecular complexity index is 994. The molecule has 0 aromatic heterocycles. The fourth-order valence-electron chi connectivity index (χ4n) is 7.14. The quantitative estimate of drug-likeness (QED) is 0.0296. The fraction of sp³-hybridized carbons (Fsp3) is 0.889. The third-order valence-electron chi connectivity index (χ3n) is 10.7. The van der Waals surface area contributed by atoms with Crippen molar-refractivity contribution in [2.24, 2.45) is 5.73 Å². The van der Waals surface area contributed by atoms with Gasteiger partial charge < -0.3 is 31.3 Å². The summed E-state index contributed by atoms with van der Waals surface area (Å²) in [6, 6.07) is -2.43. The lowest BCUT2D eigenvalue weighted by Gasteiger charge is -2.23. The summed E-state index contributed by atoms with van der Waals surface area (Å²) >= 11 is 0. The van der Waals surface area contributed by atoms with E-state index in [0.717, 1.165) is 38.5 Å². The van der Waals surface area contributed by atoms with Gasteiger partial charge in [-0.1, -0.05) is 168 Å². The number of carboxylic acids is 2. The van der Waals surface area contributed by atoms with Gasteiger partial charge in [0.25, 0.3) is 0 Å². The molecular formula is C45H85N3O8. The normalized spacial score (nSPS) is 12.8. The Balaban J connectivity index is 5.00. The highest BCUT2D eigenvalue weighted by atomic mass is 16.5. The molecule has 11 nitrogen and oxygen atoms in total. The van der Waals surface area contributed by atoms with Crippen molar-refractivity contribution < 1.29 is 38.9 Å². The van der Waals surface area contributed by atoms with Crippen LogP contribution in [0.1, 0.15) is 232 Å². The lowest BCUT2D eigenvalue weighted by Crippen LogP contribution is -2.52. The molecular weight excluding hydrogens is 711 g/mol. The van der Waals surface area contributed by atoms with Crippen molar-refractivity contribution in [3.63, 3.8) is 0 Å². The highest BCUT2D eigenvalue weighted by Gasteiger charge is 2.28. The van der Waals surface area contributed by atoms with E-state index in [0.29, 0.717) is 32.2 Å². The van der Waals surface area contributed by atoms with Gasteiger partial charge in [-0.25, -0.2) is 4.79 Å². The van der Waals surface area contributed by atoms with Crippen LogP contribution in [0.5, 0.6) is 0 Å². The number of amides is 2. The van der Waals surface area contributed by atoms with Crippen LogP contribution in [0.15, 0.2) is 0 Å². The van der Waals surface area contributed by atoms with Gasteiger partial charge in [-0.2, -0.15) is 0 Å². The lowest BCUT2D eigenvalue weighted by atomic mass is 10.0. The number of rotatable bonds is 42. The van der Waals surface area contributed by atoms with Crippen LogP contribution in [0.2, 0.25) is 0 Å². The van der Waals surface area contributed by atoms with E-state index in [9.17, 15) is 29.1 Å². The second-order valence-electron chi connectivity index (χ2n) is 16.1. The second-order valence-corrected chi connectivity index (χ2v) is 16.1. The first-order valence-corrected chi connectivity index (χ1v) is 23.1. The van der Waals surface area contributed by atoms with Gasteiger partial charge >= 0.3 is 17.9 Å². The number of carbonyl (C=O) groups excluding carboxylic acids is 3. The molecule has 0 rings (SSSR count). The number of nitrogens with two attached hydrogens (primary N) is 1. The predicted molar refractivity (Wildman–Crippen MR) is 226 cm³/mol. The summed E-state index contributed by atoms with van der Waals surface area (Å²) in [6.45, 7) is 4.89. The molecule has 56 heavy (non-hydrogen) atoms. The van der Waals surface area contributed by atoms with Crippen molar-refractivity contribution in [3.05, 3.63) is 0 Å². The summed E-state index contributed by atoms with van der Waals surface area (Å²) in [5.41, 5.74) is 5.64. The molecule has 0 aromatic rings. The Kier molecular flexibility index (Phi) is 37.3. The van der Waals surface area contributed by atoms with Gasteiger partial charge in [0.1, 0.15) is 18.2 Å². The molecule has 0 aliphatic carbocycles. The van der Waals surface area contributed by atoms with Crippen molar-refractivity contribution in [1.82, 2.24) is 10.6 Å². The molecule has 0 saturated carbocycles. The Labute approximate surface area is 341 Å². The summed E-state index contributed by atoms with van der Waals surface area (Å²) in [7, 11) is 0. The SMILES string of the molecule is CCCCCCCCCCCCCCCC(=O)OC(CCCCCCCCCCCCCCC)CC(=O)N[C@@H](CCCCN)C(=O)N[C@@H](CCC(=O)O)C(=O)O. The third kappa shape index (κ3) is 34.5. The number of ether oxygens (including phenoxy) is 1. The van der Waals surface area contributed by atoms with Crippen LogP contribution in [0.25, 0.3) is 0 Å². The van der Waals surface area contributed by atoms with Crippen LogP contribution < -0.4 is 16.4 Å². The molecule has 0 aliphatic heterocycles. The minimum absolute atomic E-state index is 0.0926. The average Bonchev–Trinajstić information content (AvgIpc) is 3.16. The first-order valence-electron chi connectivity index (χ1n) is 23.1. The maximum absolute atomic E-state index is 13.3. The zero-order valence-electron chi connectivity index (χ0n) is 35.9. The van der Waals surface area contributed by atoms with E-state index >= 15 is 0 Å². The molecule has 2 amide bonds. The monoisotopic (exact) mass is 796 g/mol. The molecule has 6 N–H and O–H groups in total. The number of esters is 1. The largest absolute Gasteiger partial charge is 0.481 e. The molecule has 0 heterocycles. The Morgan fingerprint density at radius 3 is 1.36 bits per heavy atom. The number of unbranched alkanes of at least 4 members (excludes halogenated alkanes) is 25. The Morgan fingerprint density at radius 2 is 0.929 bits per heavy atom. The van der Waals surface area contributed by atoms with E-state index < -0.39 is 48.4 Å². The van der Waals surface area contributed by atoms with Gasteiger partial charge in [-0.15, -0.1) is 0 Å². The van der Waals surface area contributed by atoms with Crippen molar-refractivity contribution in [2.45, 2.75) is 250 Å². The molecule has 0 radical (unpaired) electrons.